The molecule has 10 heteroatoms. The largest absolute Gasteiger partial charge is 0.342 e. The third-order valence-electron chi connectivity index (χ3n) is 7.09. The number of hydrogen-bond acceptors (Lipinski definition) is 7. The number of amidine groups is 1. The third kappa shape index (κ3) is 3.79. The van der Waals surface area contributed by atoms with Crippen LogP contribution in [0.1, 0.15) is 19.8 Å². The second-order valence-electron chi connectivity index (χ2n) is 9.54. The topological polar surface area (TPSA) is 115 Å². The molecule has 3 N–H and O–H groups in total. The zero-order valence-electron chi connectivity index (χ0n) is 20.9. The summed E-state index contributed by atoms with van der Waals surface area (Å²) in [5.74, 6) is 7.10. The molecule has 1 fully saturated rings. The number of nitrogens with zero attached hydrogens (tertiary/aromatic N) is 6. The Labute approximate surface area is 213 Å². The number of hydrogen-bond donors (Lipinski definition) is 2. The van der Waals surface area contributed by atoms with Crippen LogP contribution in [0.25, 0.3) is 21.9 Å². The summed E-state index contributed by atoms with van der Waals surface area (Å²) in [5, 5.41) is 5.41. The SMILES string of the molecule is CC#CCn1c(N2CCC[C@@H](N)C2)nc2c1c(=O)n(CC1=Nc3cccc4cccc(c34)N1)c(=O)n2C. The Morgan fingerprint density at radius 1 is 1.16 bits per heavy atom. The van der Waals surface area contributed by atoms with Crippen LogP contribution in [0.5, 0.6) is 0 Å². The summed E-state index contributed by atoms with van der Waals surface area (Å²) in [7, 11) is 1.64. The van der Waals surface area contributed by atoms with Crippen molar-refractivity contribution in [3.8, 4) is 11.8 Å². The lowest BCUT2D eigenvalue weighted by molar-refractivity contribution is 0.496. The average molecular weight is 497 g/mol. The van der Waals surface area contributed by atoms with Gasteiger partial charge in [-0.2, -0.15) is 4.98 Å². The minimum atomic E-state index is -0.452. The number of nitrogens with two attached hydrogens (primary N) is 1. The summed E-state index contributed by atoms with van der Waals surface area (Å²) in [6.07, 6.45) is 1.88. The van der Waals surface area contributed by atoms with Gasteiger partial charge in [-0.3, -0.25) is 18.5 Å². The highest BCUT2D eigenvalue weighted by molar-refractivity contribution is 6.13. The van der Waals surface area contributed by atoms with Crippen molar-refractivity contribution in [1.82, 2.24) is 18.7 Å². The van der Waals surface area contributed by atoms with Crippen molar-refractivity contribution in [2.45, 2.75) is 38.9 Å². The highest BCUT2D eigenvalue weighted by Gasteiger charge is 2.26. The smallest absolute Gasteiger partial charge is 0.332 e. The molecule has 188 valence electrons. The van der Waals surface area contributed by atoms with E-state index in [0.29, 0.717) is 29.5 Å². The number of anilines is 2. The molecule has 10 nitrogen and oxygen atoms in total. The highest BCUT2D eigenvalue weighted by atomic mass is 16.2. The first kappa shape index (κ1) is 23.1. The van der Waals surface area contributed by atoms with Gasteiger partial charge in [-0.25, -0.2) is 9.79 Å². The maximum atomic E-state index is 13.9. The molecular formula is C27H28N8O2. The molecule has 0 unspecified atom stereocenters. The molecule has 0 aliphatic carbocycles. The monoisotopic (exact) mass is 496 g/mol. The van der Waals surface area contributed by atoms with Crippen molar-refractivity contribution in [1.29, 1.82) is 0 Å². The van der Waals surface area contributed by atoms with Crippen molar-refractivity contribution in [3.05, 3.63) is 57.2 Å². The van der Waals surface area contributed by atoms with Crippen molar-refractivity contribution < 1.29 is 0 Å². The molecule has 2 aromatic carbocycles. The molecule has 0 amide bonds. The highest BCUT2D eigenvalue weighted by Crippen LogP contribution is 2.35. The van der Waals surface area contributed by atoms with E-state index in [1.54, 1.807) is 14.0 Å². The van der Waals surface area contributed by atoms with Crippen LogP contribution in [0, 0.1) is 11.8 Å². The molecule has 1 atom stereocenters. The molecule has 2 aliphatic heterocycles. The van der Waals surface area contributed by atoms with Gasteiger partial charge in [0.1, 0.15) is 5.84 Å². The van der Waals surface area contributed by atoms with Gasteiger partial charge in [0.2, 0.25) is 5.95 Å². The maximum Gasteiger partial charge on any atom is 0.332 e. The van der Waals surface area contributed by atoms with E-state index in [4.69, 9.17) is 15.7 Å². The number of piperidine rings is 1. The molecular weight excluding hydrogens is 468 g/mol. The number of fused-ring (bicyclic) bond motifs is 1. The molecule has 6 rings (SSSR count). The Morgan fingerprint density at radius 3 is 2.76 bits per heavy atom. The van der Waals surface area contributed by atoms with Crippen LogP contribution in [-0.4, -0.2) is 43.7 Å². The van der Waals surface area contributed by atoms with Crippen molar-refractivity contribution in [3.63, 3.8) is 0 Å². The minimum Gasteiger partial charge on any atom is -0.342 e. The standard InChI is InChI=1S/C27H28N8O2/c1-3-4-14-34-23-24(31-26(34)33-13-7-10-18(28)15-33)32(2)27(37)35(25(23)36)16-21-29-19-11-5-8-17-9-6-12-20(30-21)22(17)19/h5-6,8-9,11-12,18H,7,10,13-16,28H2,1-2H3,(H,29,30)/t18-/m1/s1. The van der Waals surface area contributed by atoms with E-state index < -0.39 is 11.2 Å². The number of rotatable bonds is 4. The van der Waals surface area contributed by atoms with Crippen molar-refractivity contribution in [2.24, 2.45) is 17.8 Å². The summed E-state index contributed by atoms with van der Waals surface area (Å²) in [6.45, 7) is 3.47. The number of aliphatic imine (C=N–C) groups is 1. The molecule has 37 heavy (non-hydrogen) atoms. The summed E-state index contributed by atoms with van der Waals surface area (Å²) in [6, 6.07) is 11.9. The molecule has 1 saturated heterocycles. The molecule has 4 heterocycles. The van der Waals surface area contributed by atoms with Gasteiger partial charge >= 0.3 is 5.69 Å². The summed E-state index contributed by atoms with van der Waals surface area (Å²) in [4.78, 5) is 38.9. The van der Waals surface area contributed by atoms with E-state index in [0.717, 1.165) is 41.5 Å². The molecule has 2 aromatic heterocycles. The first-order valence-corrected chi connectivity index (χ1v) is 12.4. The van der Waals surface area contributed by atoms with Crippen molar-refractivity contribution >= 4 is 45.1 Å². The number of imidazole rings is 1. The Balaban J connectivity index is 1.49. The van der Waals surface area contributed by atoms with Gasteiger partial charge in [0, 0.05) is 37.3 Å². The molecule has 4 aromatic rings. The van der Waals surface area contributed by atoms with Crippen LogP contribution >= 0.6 is 0 Å². The first-order chi connectivity index (χ1) is 18.0. The van der Waals surface area contributed by atoms with Gasteiger partial charge in [0.05, 0.1) is 18.8 Å². The lowest BCUT2D eigenvalue weighted by Gasteiger charge is -2.31. The van der Waals surface area contributed by atoms with Gasteiger partial charge in [-0.15, -0.1) is 5.92 Å². The van der Waals surface area contributed by atoms with E-state index in [1.807, 2.05) is 41.0 Å². The predicted octanol–water partition coefficient (Wildman–Crippen LogP) is 2.16. The summed E-state index contributed by atoms with van der Waals surface area (Å²) < 4.78 is 4.46. The lowest BCUT2D eigenvalue weighted by atomic mass is 10.1. The normalized spacial score (nSPS) is 16.9. The Morgan fingerprint density at radius 2 is 1.97 bits per heavy atom. The fourth-order valence-electron chi connectivity index (χ4n) is 5.31. The van der Waals surface area contributed by atoms with Crippen LogP contribution in [0.4, 0.5) is 17.3 Å². The third-order valence-corrected chi connectivity index (χ3v) is 7.09. The zero-order chi connectivity index (χ0) is 25.7. The maximum absolute atomic E-state index is 13.9. The van der Waals surface area contributed by atoms with Gasteiger partial charge in [-0.1, -0.05) is 30.2 Å². The van der Waals surface area contributed by atoms with Gasteiger partial charge in [0.25, 0.3) is 5.56 Å². The Kier molecular flexibility index (Phi) is 5.57. The molecule has 0 spiro atoms. The second kappa shape index (κ2) is 8.94. The van der Waals surface area contributed by atoms with Crippen LogP contribution < -0.4 is 27.2 Å². The quantitative estimate of drug-likeness (QED) is 0.419. The van der Waals surface area contributed by atoms with Crippen LogP contribution in [0.15, 0.2) is 51.0 Å². The molecule has 0 radical (unpaired) electrons. The van der Waals surface area contributed by atoms with Crippen LogP contribution in [-0.2, 0) is 20.1 Å². The van der Waals surface area contributed by atoms with Gasteiger partial charge in [0.15, 0.2) is 11.2 Å². The van der Waals surface area contributed by atoms with E-state index in [-0.39, 0.29) is 19.1 Å². The van der Waals surface area contributed by atoms with E-state index in [1.165, 1.54) is 9.13 Å². The number of benzene rings is 2. The van der Waals surface area contributed by atoms with Crippen LogP contribution in [0.2, 0.25) is 0 Å². The fraction of sp³-hybridized carbons (Fsp3) is 0.333. The fourth-order valence-corrected chi connectivity index (χ4v) is 5.31. The minimum absolute atomic E-state index is 0.000721. The van der Waals surface area contributed by atoms with Gasteiger partial charge < -0.3 is 16.0 Å². The average Bonchev–Trinajstić information content (AvgIpc) is 3.29. The van der Waals surface area contributed by atoms with E-state index in [2.05, 4.69) is 22.1 Å². The van der Waals surface area contributed by atoms with Crippen molar-refractivity contribution in [2.75, 3.05) is 23.3 Å². The lowest BCUT2D eigenvalue weighted by Crippen LogP contribution is -2.44. The number of aryl methyl sites for hydroxylation is 1. The van der Waals surface area contributed by atoms with Gasteiger partial charge in [-0.05, 0) is 37.3 Å². The number of aromatic nitrogens is 4. The molecule has 0 bridgehead atoms. The second-order valence-corrected chi connectivity index (χ2v) is 9.54. The zero-order valence-corrected chi connectivity index (χ0v) is 20.9. The van der Waals surface area contributed by atoms with E-state index in [9.17, 15) is 9.59 Å². The van der Waals surface area contributed by atoms with E-state index >= 15 is 0 Å². The molecule has 2 aliphatic rings. The van der Waals surface area contributed by atoms with Crippen LogP contribution in [0.3, 0.4) is 0 Å². The predicted molar refractivity (Wildman–Crippen MR) is 147 cm³/mol. The summed E-state index contributed by atoms with van der Waals surface area (Å²) >= 11 is 0. The Bertz CT molecular complexity index is 1760. The summed E-state index contributed by atoms with van der Waals surface area (Å²) in [5.41, 5.74) is 7.75. The number of nitrogens with one attached hydrogen (secondary N) is 1. The Hall–Kier alpha value is -4.36. The first-order valence-electron chi connectivity index (χ1n) is 12.4. The molecule has 0 saturated carbocycles.